The second-order valence-electron chi connectivity index (χ2n) is 4.45. The number of nitriles is 1. The number of hydrogen-bond donors (Lipinski definition) is 0. The minimum absolute atomic E-state index is 0.0862. The van der Waals surface area contributed by atoms with Crippen molar-refractivity contribution in [3.63, 3.8) is 0 Å². The quantitative estimate of drug-likeness (QED) is 0.822. The van der Waals surface area contributed by atoms with Gasteiger partial charge in [-0.1, -0.05) is 11.6 Å². The van der Waals surface area contributed by atoms with Crippen LogP contribution >= 0.6 is 11.6 Å². The third-order valence-electron chi connectivity index (χ3n) is 3.14. The van der Waals surface area contributed by atoms with Gasteiger partial charge >= 0.3 is 0 Å². The molecule has 0 aromatic heterocycles. The van der Waals surface area contributed by atoms with Gasteiger partial charge in [0.25, 0.3) is 0 Å². The fourth-order valence-electron chi connectivity index (χ4n) is 1.67. The normalized spacial score (nSPS) is 12.3. The topological polar surface area (TPSA) is 36.3 Å². The van der Waals surface area contributed by atoms with Gasteiger partial charge in [0.1, 0.15) is 5.75 Å². The Balaban J connectivity index is 2.79. The SMILES string of the molecule is COc1cc(C)c(Cl)cc1CCN(C)C(C)C#N. The molecule has 0 saturated heterocycles. The van der Waals surface area contributed by atoms with E-state index in [1.54, 1.807) is 7.11 Å². The van der Waals surface area contributed by atoms with Crippen molar-refractivity contribution in [3.8, 4) is 11.8 Å². The van der Waals surface area contributed by atoms with Gasteiger partial charge in [0.05, 0.1) is 19.2 Å². The van der Waals surface area contributed by atoms with Crippen LogP contribution in [-0.2, 0) is 6.42 Å². The van der Waals surface area contributed by atoms with E-state index in [4.69, 9.17) is 21.6 Å². The first-order valence-corrected chi connectivity index (χ1v) is 6.30. The number of methoxy groups -OCH3 is 1. The lowest BCUT2D eigenvalue weighted by atomic mass is 10.1. The van der Waals surface area contributed by atoms with Gasteiger partial charge in [0.2, 0.25) is 0 Å². The smallest absolute Gasteiger partial charge is 0.122 e. The van der Waals surface area contributed by atoms with E-state index < -0.39 is 0 Å². The third kappa shape index (κ3) is 3.63. The van der Waals surface area contributed by atoms with Crippen LogP contribution in [0.1, 0.15) is 18.1 Å². The molecule has 0 amide bonds. The molecule has 18 heavy (non-hydrogen) atoms. The summed E-state index contributed by atoms with van der Waals surface area (Å²) in [5.74, 6) is 0.856. The fourth-order valence-corrected chi connectivity index (χ4v) is 1.86. The van der Waals surface area contributed by atoms with Crippen LogP contribution < -0.4 is 4.74 Å². The van der Waals surface area contributed by atoms with E-state index in [1.165, 1.54) is 0 Å². The summed E-state index contributed by atoms with van der Waals surface area (Å²) in [6.07, 6.45) is 0.811. The minimum Gasteiger partial charge on any atom is -0.496 e. The summed E-state index contributed by atoms with van der Waals surface area (Å²) in [7, 11) is 3.60. The number of likely N-dealkylation sites (N-methyl/N-ethyl adjacent to an activating group) is 1. The van der Waals surface area contributed by atoms with Gasteiger partial charge in [-0.2, -0.15) is 5.26 Å². The van der Waals surface area contributed by atoms with Crippen LogP contribution in [0.4, 0.5) is 0 Å². The molecular weight excluding hydrogens is 248 g/mol. The average Bonchev–Trinajstić information content (AvgIpc) is 2.38. The molecule has 0 heterocycles. The number of nitrogens with zero attached hydrogens (tertiary/aromatic N) is 2. The van der Waals surface area contributed by atoms with Crippen molar-refractivity contribution in [2.75, 3.05) is 20.7 Å². The number of hydrogen-bond acceptors (Lipinski definition) is 3. The second-order valence-corrected chi connectivity index (χ2v) is 4.86. The minimum atomic E-state index is -0.0862. The van der Waals surface area contributed by atoms with Crippen molar-refractivity contribution in [2.45, 2.75) is 26.3 Å². The molecule has 0 aliphatic carbocycles. The molecule has 0 spiro atoms. The second kappa shape index (κ2) is 6.63. The molecule has 1 atom stereocenters. The number of rotatable bonds is 5. The summed E-state index contributed by atoms with van der Waals surface area (Å²) in [5, 5.41) is 9.60. The molecule has 0 fully saturated rings. The van der Waals surface area contributed by atoms with Crippen LogP contribution in [-0.4, -0.2) is 31.6 Å². The third-order valence-corrected chi connectivity index (χ3v) is 3.55. The van der Waals surface area contributed by atoms with Crippen LogP contribution in [0.2, 0.25) is 5.02 Å². The lowest BCUT2D eigenvalue weighted by Crippen LogP contribution is -2.29. The highest BCUT2D eigenvalue weighted by atomic mass is 35.5. The molecular formula is C14H19ClN2O. The lowest BCUT2D eigenvalue weighted by Gasteiger charge is -2.19. The van der Waals surface area contributed by atoms with Gasteiger partial charge in [-0.05, 0) is 50.6 Å². The van der Waals surface area contributed by atoms with Crippen LogP contribution in [0.15, 0.2) is 12.1 Å². The maximum absolute atomic E-state index is 8.85. The molecule has 3 nitrogen and oxygen atoms in total. The Hall–Kier alpha value is -1.24. The molecule has 1 aromatic carbocycles. The highest BCUT2D eigenvalue weighted by Gasteiger charge is 2.11. The molecule has 0 saturated carbocycles. The van der Waals surface area contributed by atoms with Crippen molar-refractivity contribution in [3.05, 3.63) is 28.3 Å². The van der Waals surface area contributed by atoms with Crippen molar-refractivity contribution in [1.82, 2.24) is 4.90 Å². The number of aryl methyl sites for hydroxylation is 1. The Labute approximate surface area is 114 Å². The molecule has 0 aliphatic rings. The highest BCUT2D eigenvalue weighted by molar-refractivity contribution is 6.31. The van der Waals surface area contributed by atoms with E-state index >= 15 is 0 Å². The van der Waals surface area contributed by atoms with E-state index in [-0.39, 0.29) is 6.04 Å². The summed E-state index contributed by atoms with van der Waals surface area (Å²) in [6, 6.07) is 6.03. The number of benzene rings is 1. The molecule has 4 heteroatoms. The van der Waals surface area contributed by atoms with E-state index in [0.29, 0.717) is 0 Å². The lowest BCUT2D eigenvalue weighted by molar-refractivity contribution is 0.304. The molecule has 0 bridgehead atoms. The van der Waals surface area contributed by atoms with Gasteiger partial charge < -0.3 is 4.74 Å². The molecule has 1 aromatic rings. The maximum atomic E-state index is 8.85. The first kappa shape index (κ1) is 14.8. The van der Waals surface area contributed by atoms with Crippen LogP contribution in [0, 0.1) is 18.3 Å². The van der Waals surface area contributed by atoms with Crippen LogP contribution in [0.3, 0.4) is 0 Å². The number of ether oxygens (including phenoxy) is 1. The summed E-state index contributed by atoms with van der Waals surface area (Å²) in [4.78, 5) is 2.01. The van der Waals surface area contributed by atoms with Gasteiger partial charge in [-0.15, -0.1) is 0 Å². The maximum Gasteiger partial charge on any atom is 0.122 e. The van der Waals surface area contributed by atoms with E-state index in [0.717, 1.165) is 34.9 Å². The Morgan fingerprint density at radius 2 is 2.17 bits per heavy atom. The Kier molecular flexibility index (Phi) is 5.46. The van der Waals surface area contributed by atoms with E-state index in [1.807, 2.05) is 37.9 Å². The van der Waals surface area contributed by atoms with Gasteiger partial charge in [0, 0.05) is 11.6 Å². The van der Waals surface area contributed by atoms with Crippen molar-refractivity contribution >= 4 is 11.6 Å². The fraction of sp³-hybridized carbons (Fsp3) is 0.500. The molecule has 0 N–H and O–H groups in total. The predicted octanol–water partition coefficient (Wildman–Crippen LogP) is 3.04. The Morgan fingerprint density at radius 1 is 1.50 bits per heavy atom. The summed E-state index contributed by atoms with van der Waals surface area (Å²) in [5.41, 5.74) is 2.08. The van der Waals surface area contributed by atoms with Gasteiger partial charge in [-0.3, -0.25) is 4.90 Å². The molecule has 0 aliphatic heterocycles. The summed E-state index contributed by atoms with van der Waals surface area (Å²) >= 11 is 6.13. The molecule has 98 valence electrons. The van der Waals surface area contributed by atoms with Gasteiger partial charge in [0.15, 0.2) is 0 Å². The highest BCUT2D eigenvalue weighted by Crippen LogP contribution is 2.27. The Morgan fingerprint density at radius 3 is 2.72 bits per heavy atom. The zero-order chi connectivity index (χ0) is 13.7. The number of halogens is 1. The largest absolute Gasteiger partial charge is 0.496 e. The first-order chi connectivity index (χ1) is 8.49. The zero-order valence-electron chi connectivity index (χ0n) is 11.3. The average molecular weight is 267 g/mol. The molecule has 1 rings (SSSR count). The standard InChI is InChI=1S/C14H19ClN2O/c1-10-7-14(18-4)12(8-13(10)15)5-6-17(3)11(2)9-16/h7-8,11H,5-6H2,1-4H3. The predicted molar refractivity (Wildman–Crippen MR) is 74.2 cm³/mol. The zero-order valence-corrected chi connectivity index (χ0v) is 12.1. The van der Waals surface area contributed by atoms with Gasteiger partial charge in [-0.25, -0.2) is 0 Å². The monoisotopic (exact) mass is 266 g/mol. The van der Waals surface area contributed by atoms with Crippen molar-refractivity contribution in [2.24, 2.45) is 0 Å². The summed E-state index contributed by atoms with van der Waals surface area (Å²) in [6.45, 7) is 4.64. The Bertz CT molecular complexity index is 454. The van der Waals surface area contributed by atoms with E-state index in [2.05, 4.69) is 6.07 Å². The van der Waals surface area contributed by atoms with Crippen LogP contribution in [0.5, 0.6) is 5.75 Å². The van der Waals surface area contributed by atoms with Crippen molar-refractivity contribution < 1.29 is 4.74 Å². The molecule has 1 unspecified atom stereocenters. The molecule has 0 radical (unpaired) electrons. The van der Waals surface area contributed by atoms with Crippen molar-refractivity contribution in [1.29, 1.82) is 5.26 Å². The van der Waals surface area contributed by atoms with Crippen LogP contribution in [0.25, 0.3) is 0 Å². The summed E-state index contributed by atoms with van der Waals surface area (Å²) < 4.78 is 5.36. The first-order valence-electron chi connectivity index (χ1n) is 5.92. The van der Waals surface area contributed by atoms with E-state index in [9.17, 15) is 0 Å².